The van der Waals surface area contributed by atoms with Crippen LogP contribution in [0.4, 0.5) is 0 Å². The van der Waals surface area contributed by atoms with E-state index in [1.165, 1.54) is 68.8 Å². The van der Waals surface area contributed by atoms with Crippen molar-refractivity contribution in [1.82, 2.24) is 0 Å². The van der Waals surface area contributed by atoms with Crippen molar-refractivity contribution in [2.24, 2.45) is 5.92 Å². The molecule has 0 saturated carbocycles. The standard InChI is InChI=1S/C13H9.C13H13.C7H6.Zr/c1-3-7-12-10(5-1)9-11-6-2-4-8-13(11)12;1-10-8-11(2)13(9-10)12-6-4-3-5-7-12;1-7-5-3-2-4-6-7;/h1-5,7-8H,9H2;3-7,9-10H,1-2H3;1-6H;/q2*-1;;+2. The number of rotatable bonds is 2. The second-order valence-corrected chi connectivity index (χ2v) is 9.17. The summed E-state index contributed by atoms with van der Waals surface area (Å²) < 4.78 is 2.17. The second-order valence-electron chi connectivity index (χ2n) is 8.46. The molecule has 6 rings (SSSR count). The average molecular weight is 516 g/mol. The van der Waals surface area contributed by atoms with Gasteiger partial charge in [0.15, 0.2) is 0 Å². The molecule has 2 aliphatic carbocycles. The molecule has 0 fully saturated rings. The van der Waals surface area contributed by atoms with Crippen molar-refractivity contribution in [2.75, 3.05) is 0 Å². The smallest absolute Gasteiger partial charge is 0.0253 e. The molecule has 1 atom stereocenters. The average Bonchev–Trinajstić information content (AvgIpc) is 3.44. The minimum Gasteiger partial charge on any atom is -0.179 e. The van der Waals surface area contributed by atoms with Gasteiger partial charge in [-0.2, -0.15) is 41.5 Å². The number of allylic oxidation sites excluding steroid dienone is 4. The summed E-state index contributed by atoms with van der Waals surface area (Å²) in [4.78, 5) is 0. The van der Waals surface area contributed by atoms with E-state index in [0.717, 1.165) is 6.42 Å². The van der Waals surface area contributed by atoms with Crippen molar-refractivity contribution in [3.8, 4) is 11.1 Å². The van der Waals surface area contributed by atoms with Gasteiger partial charge in [0, 0.05) is 0 Å². The van der Waals surface area contributed by atoms with Crippen LogP contribution in [-0.4, -0.2) is 3.71 Å². The molecule has 0 saturated heterocycles. The molecule has 34 heavy (non-hydrogen) atoms. The first-order valence-electron chi connectivity index (χ1n) is 11.7. The molecule has 0 aliphatic heterocycles. The predicted octanol–water partition coefficient (Wildman–Crippen LogP) is 7.91. The molecule has 1 heteroatoms. The van der Waals surface area contributed by atoms with Gasteiger partial charge in [-0.1, -0.05) is 85.5 Å². The fraction of sp³-hybridized carbons (Fsp3) is 0.121. The molecular formula is C33H28Zr. The monoisotopic (exact) mass is 514 g/mol. The van der Waals surface area contributed by atoms with Gasteiger partial charge in [-0.05, 0) is 6.42 Å². The Kier molecular flexibility index (Phi) is 8.56. The Labute approximate surface area is 219 Å². The van der Waals surface area contributed by atoms with Gasteiger partial charge < -0.3 is 0 Å². The van der Waals surface area contributed by atoms with Crippen LogP contribution in [0.3, 0.4) is 0 Å². The van der Waals surface area contributed by atoms with E-state index in [-0.39, 0.29) is 0 Å². The largest absolute Gasteiger partial charge is 0.179 e. The molecule has 1 unspecified atom stereocenters. The summed E-state index contributed by atoms with van der Waals surface area (Å²) >= 11 is 1.46. The van der Waals surface area contributed by atoms with E-state index in [4.69, 9.17) is 0 Å². The molecule has 0 N–H and O–H groups in total. The first-order chi connectivity index (χ1) is 16.7. The van der Waals surface area contributed by atoms with Gasteiger partial charge >= 0.3 is 63.8 Å². The first kappa shape index (κ1) is 24.2. The van der Waals surface area contributed by atoms with Crippen LogP contribution in [0.15, 0.2) is 115 Å². The van der Waals surface area contributed by atoms with Gasteiger partial charge in [-0.25, -0.2) is 5.57 Å². The van der Waals surface area contributed by atoms with E-state index < -0.39 is 0 Å². The Bertz CT molecular complexity index is 1250. The van der Waals surface area contributed by atoms with E-state index >= 15 is 0 Å². The molecule has 164 valence electrons. The molecule has 0 radical (unpaired) electrons. The summed E-state index contributed by atoms with van der Waals surface area (Å²) in [6.07, 6.45) is 6.71. The molecule has 2 aliphatic rings. The Morgan fingerprint density at radius 3 is 2.09 bits per heavy atom. The molecular weight excluding hydrogens is 488 g/mol. The molecule has 0 spiro atoms. The third-order valence-electron chi connectivity index (χ3n) is 5.93. The summed E-state index contributed by atoms with van der Waals surface area (Å²) in [6, 6.07) is 38.9. The topological polar surface area (TPSA) is 0 Å². The SMILES string of the molecule is CC1=[C-]C(C)C=C1c1ccccc1.[Zr+2]=[CH]c1ccccc1.[c-]1cccc2c1Cc1ccccc1-2. The maximum atomic E-state index is 3.39. The van der Waals surface area contributed by atoms with Gasteiger partial charge in [0.25, 0.3) is 0 Å². The van der Waals surface area contributed by atoms with Crippen molar-refractivity contribution in [2.45, 2.75) is 20.3 Å². The second kappa shape index (κ2) is 12.0. The molecule has 0 heterocycles. The molecule has 4 aromatic rings. The molecule has 0 amide bonds. The van der Waals surface area contributed by atoms with Crippen LogP contribution < -0.4 is 0 Å². The number of hydrogen-bond acceptors (Lipinski definition) is 0. The third-order valence-corrected chi connectivity index (χ3v) is 6.75. The van der Waals surface area contributed by atoms with Crippen LogP contribution in [0.25, 0.3) is 16.7 Å². The number of hydrogen-bond donors (Lipinski definition) is 0. The fourth-order valence-electron chi connectivity index (χ4n) is 4.31. The van der Waals surface area contributed by atoms with Crippen LogP contribution in [-0.2, 0) is 30.7 Å². The van der Waals surface area contributed by atoms with Crippen molar-refractivity contribution in [3.05, 3.63) is 149 Å². The van der Waals surface area contributed by atoms with E-state index in [2.05, 4.69) is 121 Å². The zero-order valence-electron chi connectivity index (χ0n) is 19.8. The van der Waals surface area contributed by atoms with Crippen molar-refractivity contribution < 1.29 is 24.2 Å². The summed E-state index contributed by atoms with van der Waals surface area (Å²) in [7, 11) is 0. The van der Waals surface area contributed by atoms with Crippen LogP contribution in [0, 0.1) is 18.1 Å². The predicted molar refractivity (Wildman–Crippen MR) is 141 cm³/mol. The maximum absolute atomic E-state index is 3.39. The zero-order chi connectivity index (χ0) is 23.8. The Balaban J connectivity index is 0.000000125. The third kappa shape index (κ3) is 6.16. The van der Waals surface area contributed by atoms with Crippen LogP contribution >= 0.6 is 0 Å². The van der Waals surface area contributed by atoms with E-state index in [1.54, 1.807) is 0 Å². The molecule has 0 aromatic heterocycles. The Hall–Kier alpha value is -2.89. The number of benzene rings is 4. The quantitative estimate of drug-likeness (QED) is 0.210. The van der Waals surface area contributed by atoms with Gasteiger partial charge in [-0.3, -0.25) is 6.08 Å². The summed E-state index contributed by atoms with van der Waals surface area (Å²) in [5.74, 6) is 0.468. The zero-order valence-corrected chi connectivity index (χ0v) is 22.2. The van der Waals surface area contributed by atoms with E-state index in [9.17, 15) is 0 Å². The Morgan fingerprint density at radius 1 is 0.794 bits per heavy atom. The number of fused-ring (bicyclic) bond motifs is 3. The van der Waals surface area contributed by atoms with Gasteiger partial charge in [0.1, 0.15) is 0 Å². The van der Waals surface area contributed by atoms with Crippen LogP contribution in [0.5, 0.6) is 0 Å². The fourth-order valence-corrected chi connectivity index (χ4v) is 4.79. The molecule has 0 bridgehead atoms. The maximum Gasteiger partial charge on any atom is -0.0253 e. The summed E-state index contributed by atoms with van der Waals surface area (Å²) in [5.41, 5.74) is 10.8. The minimum atomic E-state index is 0.468. The van der Waals surface area contributed by atoms with E-state index in [0.29, 0.717) is 5.92 Å². The Morgan fingerprint density at radius 2 is 1.44 bits per heavy atom. The van der Waals surface area contributed by atoms with Gasteiger partial charge in [-0.15, -0.1) is 11.1 Å². The van der Waals surface area contributed by atoms with Crippen molar-refractivity contribution >= 4 is 9.28 Å². The van der Waals surface area contributed by atoms with Crippen LogP contribution in [0.1, 0.15) is 36.1 Å². The first-order valence-corrected chi connectivity index (χ1v) is 13.1. The van der Waals surface area contributed by atoms with Crippen molar-refractivity contribution in [1.29, 1.82) is 0 Å². The minimum absolute atomic E-state index is 0.468. The molecule has 0 nitrogen and oxygen atoms in total. The van der Waals surface area contributed by atoms with Gasteiger partial charge in [0.2, 0.25) is 0 Å². The van der Waals surface area contributed by atoms with Crippen LogP contribution in [0.2, 0.25) is 0 Å². The summed E-state index contributed by atoms with van der Waals surface area (Å²) in [5, 5.41) is 0. The molecule has 4 aromatic carbocycles. The van der Waals surface area contributed by atoms with Crippen molar-refractivity contribution in [3.63, 3.8) is 0 Å². The summed E-state index contributed by atoms with van der Waals surface area (Å²) in [6.45, 7) is 4.29. The van der Waals surface area contributed by atoms with E-state index in [1.807, 2.05) is 18.2 Å². The normalized spacial score (nSPS) is 14.9. The van der Waals surface area contributed by atoms with Gasteiger partial charge in [0.05, 0.1) is 0 Å².